The van der Waals surface area contributed by atoms with Crippen LogP contribution < -0.4 is 4.74 Å². The van der Waals surface area contributed by atoms with Crippen LogP contribution in [0.2, 0.25) is 5.02 Å². The molecule has 152 valence electrons. The highest BCUT2D eigenvalue weighted by Gasteiger charge is 2.23. The largest absolute Gasteiger partial charge is 0.492 e. The zero-order chi connectivity index (χ0) is 21.4. The maximum Gasteiger partial charge on any atom is 0.355 e. The number of halogens is 2. The number of nitrogens with zero attached hydrogens (tertiary/aromatic N) is 3. The molecule has 6 nitrogen and oxygen atoms in total. The number of methoxy groups -OCH3 is 1. The van der Waals surface area contributed by atoms with E-state index in [1.165, 1.54) is 19.2 Å². The molecular formula is C22H17ClFN3O3. The third-order valence-electron chi connectivity index (χ3n) is 4.80. The molecule has 0 bridgehead atoms. The number of carbonyl (C=O) groups is 1. The molecule has 0 radical (unpaired) electrons. The first-order valence-electron chi connectivity index (χ1n) is 9.07. The van der Waals surface area contributed by atoms with E-state index in [2.05, 4.69) is 9.97 Å². The predicted octanol–water partition coefficient (Wildman–Crippen LogP) is 4.95. The Bertz CT molecular complexity index is 1270. The van der Waals surface area contributed by atoms with Gasteiger partial charge in [-0.1, -0.05) is 41.9 Å². The minimum Gasteiger partial charge on any atom is -0.492 e. The molecule has 0 saturated carbocycles. The molecule has 0 amide bonds. The summed E-state index contributed by atoms with van der Waals surface area (Å²) in [6.45, 7) is 2.28. The topological polar surface area (TPSA) is 77.2 Å². The highest BCUT2D eigenvalue weighted by atomic mass is 35.5. The second kappa shape index (κ2) is 7.76. The standard InChI is InChI=1S/C22H17ClFN3O3/c1-12-10-27(11-13-6-4-3-5-7-13)21-16(12)18(22(28)29)25-20(26-21)14-8-9-15(23)19(30-2)17(14)24/h3-10H,11H2,1-2H3,(H,28,29). The Hall–Kier alpha value is -3.45. The third-order valence-corrected chi connectivity index (χ3v) is 5.10. The fourth-order valence-electron chi connectivity index (χ4n) is 3.45. The molecule has 30 heavy (non-hydrogen) atoms. The van der Waals surface area contributed by atoms with Crippen LogP contribution in [0.15, 0.2) is 48.7 Å². The second-order valence-electron chi connectivity index (χ2n) is 6.77. The number of aryl methyl sites for hydroxylation is 1. The Morgan fingerprint density at radius 2 is 1.93 bits per heavy atom. The van der Waals surface area contributed by atoms with Crippen LogP contribution in [-0.2, 0) is 6.54 Å². The predicted molar refractivity (Wildman–Crippen MR) is 112 cm³/mol. The highest BCUT2D eigenvalue weighted by Crippen LogP contribution is 2.35. The smallest absolute Gasteiger partial charge is 0.355 e. The highest BCUT2D eigenvalue weighted by molar-refractivity contribution is 6.32. The van der Waals surface area contributed by atoms with Crippen molar-refractivity contribution in [3.8, 4) is 17.1 Å². The number of hydrogen-bond acceptors (Lipinski definition) is 4. The first-order valence-corrected chi connectivity index (χ1v) is 9.45. The van der Waals surface area contributed by atoms with Gasteiger partial charge in [0.15, 0.2) is 23.1 Å². The number of benzene rings is 2. The van der Waals surface area contributed by atoms with E-state index < -0.39 is 11.8 Å². The number of carboxylic acid groups (broad SMARTS) is 1. The van der Waals surface area contributed by atoms with Gasteiger partial charge in [-0.05, 0) is 30.2 Å². The fraction of sp³-hybridized carbons (Fsp3) is 0.136. The second-order valence-corrected chi connectivity index (χ2v) is 7.17. The molecular weight excluding hydrogens is 409 g/mol. The summed E-state index contributed by atoms with van der Waals surface area (Å²) in [4.78, 5) is 20.6. The molecule has 2 heterocycles. The Morgan fingerprint density at radius 1 is 1.20 bits per heavy atom. The molecule has 0 atom stereocenters. The Labute approximate surface area is 176 Å². The van der Waals surface area contributed by atoms with E-state index >= 15 is 0 Å². The van der Waals surface area contributed by atoms with Crippen LogP contribution in [0.3, 0.4) is 0 Å². The molecule has 8 heteroatoms. The summed E-state index contributed by atoms with van der Waals surface area (Å²) in [6.07, 6.45) is 1.82. The maximum absolute atomic E-state index is 15.0. The van der Waals surface area contributed by atoms with E-state index in [1.54, 1.807) is 6.92 Å². The molecule has 2 aromatic carbocycles. The van der Waals surface area contributed by atoms with Crippen LogP contribution in [-0.4, -0.2) is 32.7 Å². The van der Waals surface area contributed by atoms with Crippen LogP contribution >= 0.6 is 11.6 Å². The molecule has 1 N–H and O–H groups in total. The van der Waals surface area contributed by atoms with Crippen molar-refractivity contribution in [2.24, 2.45) is 0 Å². The zero-order valence-corrected chi connectivity index (χ0v) is 16.9. The van der Waals surface area contributed by atoms with Gasteiger partial charge in [0.05, 0.1) is 23.1 Å². The summed E-state index contributed by atoms with van der Waals surface area (Å²) in [5.74, 6) is -2.17. The summed E-state index contributed by atoms with van der Waals surface area (Å²) in [5, 5.41) is 10.3. The van der Waals surface area contributed by atoms with Crippen LogP contribution in [0.4, 0.5) is 4.39 Å². The van der Waals surface area contributed by atoms with Crippen LogP contribution in [0.5, 0.6) is 5.75 Å². The maximum atomic E-state index is 15.0. The number of aromatic carboxylic acids is 1. The number of ether oxygens (including phenoxy) is 1. The Morgan fingerprint density at radius 3 is 2.60 bits per heavy atom. The molecule has 0 aliphatic carbocycles. The van der Waals surface area contributed by atoms with Gasteiger partial charge in [0, 0.05) is 12.7 Å². The number of aromatic nitrogens is 3. The summed E-state index contributed by atoms with van der Waals surface area (Å²) in [5.41, 5.74) is 1.97. The van der Waals surface area contributed by atoms with Crippen LogP contribution in [0, 0.1) is 12.7 Å². The van der Waals surface area contributed by atoms with Crippen molar-refractivity contribution in [2.75, 3.05) is 7.11 Å². The van der Waals surface area contributed by atoms with Crippen molar-refractivity contribution < 1.29 is 19.0 Å². The minimum absolute atomic E-state index is 0.00534. The van der Waals surface area contributed by atoms with Gasteiger partial charge in [-0.25, -0.2) is 19.2 Å². The van der Waals surface area contributed by atoms with Crippen molar-refractivity contribution in [1.29, 1.82) is 0 Å². The van der Waals surface area contributed by atoms with Gasteiger partial charge in [-0.15, -0.1) is 0 Å². The van der Waals surface area contributed by atoms with E-state index in [-0.39, 0.29) is 27.9 Å². The van der Waals surface area contributed by atoms with E-state index in [9.17, 15) is 14.3 Å². The Kier molecular flexibility index (Phi) is 5.13. The molecule has 0 fully saturated rings. The van der Waals surface area contributed by atoms with Crippen LogP contribution in [0.1, 0.15) is 21.6 Å². The molecule has 0 aliphatic heterocycles. The minimum atomic E-state index is -1.22. The lowest BCUT2D eigenvalue weighted by atomic mass is 10.1. The van der Waals surface area contributed by atoms with E-state index in [1.807, 2.05) is 41.1 Å². The van der Waals surface area contributed by atoms with Gasteiger partial charge in [0.25, 0.3) is 0 Å². The summed E-state index contributed by atoms with van der Waals surface area (Å²) >= 11 is 5.98. The molecule has 0 spiro atoms. The first kappa shape index (κ1) is 19.8. The number of rotatable bonds is 5. The summed E-state index contributed by atoms with van der Waals surface area (Å²) in [7, 11) is 1.30. The number of hydrogen-bond donors (Lipinski definition) is 1. The van der Waals surface area contributed by atoms with Gasteiger partial charge in [0.2, 0.25) is 0 Å². The van der Waals surface area contributed by atoms with Crippen molar-refractivity contribution in [3.05, 3.63) is 76.3 Å². The quantitative estimate of drug-likeness (QED) is 0.489. The molecule has 2 aromatic heterocycles. The van der Waals surface area contributed by atoms with E-state index in [4.69, 9.17) is 16.3 Å². The molecule has 0 aliphatic rings. The van der Waals surface area contributed by atoms with Gasteiger partial charge < -0.3 is 14.4 Å². The molecule has 4 rings (SSSR count). The monoisotopic (exact) mass is 425 g/mol. The van der Waals surface area contributed by atoms with Crippen LogP contribution in [0.25, 0.3) is 22.4 Å². The normalized spacial score (nSPS) is 11.1. The zero-order valence-electron chi connectivity index (χ0n) is 16.2. The van der Waals surface area contributed by atoms with Crippen molar-refractivity contribution in [1.82, 2.24) is 14.5 Å². The molecule has 4 aromatic rings. The average Bonchev–Trinajstić information content (AvgIpc) is 3.04. The molecule has 0 unspecified atom stereocenters. The lowest BCUT2D eigenvalue weighted by Gasteiger charge is -2.11. The van der Waals surface area contributed by atoms with Gasteiger partial charge in [-0.3, -0.25) is 0 Å². The van der Waals surface area contributed by atoms with E-state index in [0.717, 1.165) is 11.1 Å². The SMILES string of the molecule is COc1c(Cl)ccc(-c2nc(C(=O)O)c3c(C)cn(Cc4ccccc4)c3n2)c1F. The third kappa shape index (κ3) is 3.37. The van der Waals surface area contributed by atoms with Gasteiger partial charge >= 0.3 is 5.97 Å². The fourth-order valence-corrected chi connectivity index (χ4v) is 3.67. The first-order chi connectivity index (χ1) is 14.4. The summed E-state index contributed by atoms with van der Waals surface area (Å²) < 4.78 is 21.8. The summed E-state index contributed by atoms with van der Waals surface area (Å²) in [6, 6.07) is 12.6. The number of fused-ring (bicyclic) bond motifs is 1. The van der Waals surface area contributed by atoms with Crippen molar-refractivity contribution >= 4 is 28.6 Å². The van der Waals surface area contributed by atoms with Crippen molar-refractivity contribution in [3.63, 3.8) is 0 Å². The van der Waals surface area contributed by atoms with Crippen molar-refractivity contribution in [2.45, 2.75) is 13.5 Å². The lowest BCUT2D eigenvalue weighted by molar-refractivity contribution is 0.0692. The van der Waals surface area contributed by atoms with Gasteiger partial charge in [0.1, 0.15) is 5.65 Å². The lowest BCUT2D eigenvalue weighted by Crippen LogP contribution is -2.07. The Balaban J connectivity index is 1.97. The number of carboxylic acids is 1. The average molecular weight is 426 g/mol. The van der Waals surface area contributed by atoms with E-state index in [0.29, 0.717) is 17.6 Å². The molecule has 0 saturated heterocycles. The van der Waals surface area contributed by atoms with Gasteiger partial charge in [-0.2, -0.15) is 0 Å².